The van der Waals surface area contributed by atoms with Gasteiger partial charge in [0.05, 0.1) is 19.9 Å². The number of nitriles is 1. The quantitative estimate of drug-likeness (QED) is 0.522. The van der Waals surface area contributed by atoms with E-state index >= 15 is 0 Å². The Balaban J connectivity index is 1.88. The number of furan rings is 1. The average molecular weight is 384 g/mol. The molecular weight excluding hydrogens is 364 g/mol. The van der Waals surface area contributed by atoms with E-state index in [4.69, 9.17) is 23.9 Å². The average Bonchev–Trinajstić information content (AvgIpc) is 3.22. The van der Waals surface area contributed by atoms with Crippen molar-refractivity contribution < 1.29 is 28.2 Å². The van der Waals surface area contributed by atoms with E-state index in [1.165, 1.54) is 32.4 Å². The largest absolute Gasteiger partial charge is 0.493 e. The first-order valence-electron chi connectivity index (χ1n) is 8.40. The van der Waals surface area contributed by atoms with Gasteiger partial charge in [-0.3, -0.25) is 4.79 Å². The van der Waals surface area contributed by atoms with Gasteiger partial charge >= 0.3 is 5.97 Å². The van der Waals surface area contributed by atoms with Crippen LogP contribution in [0.15, 0.2) is 47.1 Å². The van der Waals surface area contributed by atoms with Crippen molar-refractivity contribution in [1.29, 1.82) is 5.26 Å². The van der Waals surface area contributed by atoms with Gasteiger partial charge in [0.1, 0.15) is 11.8 Å². The van der Waals surface area contributed by atoms with Crippen molar-refractivity contribution in [3.63, 3.8) is 0 Å². The number of benzene rings is 1. The van der Waals surface area contributed by atoms with Gasteiger partial charge < -0.3 is 23.9 Å². The molecule has 1 heterocycles. The van der Waals surface area contributed by atoms with Gasteiger partial charge in [-0.2, -0.15) is 5.26 Å². The molecule has 0 unspecified atom stereocenters. The highest BCUT2D eigenvalue weighted by molar-refractivity contribution is 5.90. The third-order valence-corrected chi connectivity index (χ3v) is 3.57. The summed E-state index contributed by atoms with van der Waals surface area (Å²) in [5.41, 5.74) is 0.660. The fraction of sp³-hybridized carbons (Fsp3) is 0.250. The van der Waals surface area contributed by atoms with Crippen LogP contribution >= 0.6 is 0 Å². The van der Waals surface area contributed by atoms with Gasteiger partial charge in [0.25, 0.3) is 5.91 Å². The summed E-state index contributed by atoms with van der Waals surface area (Å²) in [7, 11) is 1.47. The fourth-order valence-electron chi connectivity index (χ4n) is 2.18. The first-order valence-corrected chi connectivity index (χ1v) is 8.40. The fourth-order valence-corrected chi connectivity index (χ4v) is 2.18. The van der Waals surface area contributed by atoms with Gasteiger partial charge in [-0.25, -0.2) is 4.79 Å². The maximum atomic E-state index is 11.9. The highest BCUT2D eigenvalue weighted by atomic mass is 16.5. The zero-order valence-corrected chi connectivity index (χ0v) is 15.5. The second-order valence-electron chi connectivity index (χ2n) is 5.57. The molecule has 0 saturated carbocycles. The van der Waals surface area contributed by atoms with Crippen LogP contribution in [0, 0.1) is 11.3 Å². The lowest BCUT2D eigenvalue weighted by Crippen LogP contribution is -2.35. The van der Waals surface area contributed by atoms with Crippen LogP contribution in [0.5, 0.6) is 11.5 Å². The number of esters is 1. The zero-order valence-electron chi connectivity index (χ0n) is 15.5. The number of carbonyl (C=O) groups is 2. The molecule has 1 aromatic carbocycles. The monoisotopic (exact) mass is 384 g/mol. The van der Waals surface area contributed by atoms with E-state index < -0.39 is 18.0 Å². The minimum Gasteiger partial charge on any atom is -0.493 e. The molecule has 2 aromatic rings. The smallest absolute Gasteiger partial charge is 0.331 e. The van der Waals surface area contributed by atoms with Crippen molar-refractivity contribution in [2.45, 2.75) is 19.6 Å². The molecule has 2 rings (SSSR count). The Hall–Kier alpha value is -3.73. The second-order valence-corrected chi connectivity index (χ2v) is 5.57. The third-order valence-electron chi connectivity index (χ3n) is 3.57. The molecule has 0 aliphatic carbocycles. The summed E-state index contributed by atoms with van der Waals surface area (Å²) < 4.78 is 20.6. The minimum absolute atomic E-state index is 0.0995. The Kier molecular flexibility index (Phi) is 7.66. The van der Waals surface area contributed by atoms with E-state index in [-0.39, 0.29) is 13.2 Å². The molecule has 0 aliphatic rings. The molecule has 0 saturated heterocycles. The van der Waals surface area contributed by atoms with Crippen molar-refractivity contribution in [2.24, 2.45) is 0 Å². The molecule has 0 aliphatic heterocycles. The van der Waals surface area contributed by atoms with E-state index in [0.717, 1.165) is 0 Å². The molecule has 1 atom stereocenters. The minimum atomic E-state index is -0.955. The van der Waals surface area contributed by atoms with Crippen molar-refractivity contribution in [2.75, 3.05) is 13.7 Å². The molecule has 28 heavy (non-hydrogen) atoms. The van der Waals surface area contributed by atoms with Crippen molar-refractivity contribution in [3.05, 3.63) is 54.0 Å². The molecule has 1 amide bonds. The summed E-state index contributed by atoms with van der Waals surface area (Å²) in [6.07, 6.45) is 3.28. The third kappa shape index (κ3) is 6.21. The number of nitrogens with zero attached hydrogens (tertiary/aromatic N) is 1. The lowest BCUT2D eigenvalue weighted by atomic mass is 10.2. The molecule has 8 nitrogen and oxygen atoms in total. The van der Waals surface area contributed by atoms with Crippen LogP contribution in [0.25, 0.3) is 6.08 Å². The van der Waals surface area contributed by atoms with Crippen LogP contribution < -0.4 is 14.8 Å². The molecule has 1 aromatic heterocycles. The summed E-state index contributed by atoms with van der Waals surface area (Å²) >= 11 is 0. The summed E-state index contributed by atoms with van der Waals surface area (Å²) in [5, 5.41) is 11.2. The van der Waals surface area contributed by atoms with Crippen molar-refractivity contribution >= 4 is 18.0 Å². The number of rotatable bonds is 9. The predicted molar refractivity (Wildman–Crippen MR) is 99.2 cm³/mol. The molecule has 146 valence electrons. The highest BCUT2D eigenvalue weighted by Crippen LogP contribution is 2.28. The Bertz CT molecular complexity index is 867. The Labute approximate surface area is 162 Å². The number of nitrogens with one attached hydrogen (secondary N) is 1. The zero-order chi connectivity index (χ0) is 20.4. The van der Waals surface area contributed by atoms with Gasteiger partial charge in [-0.05, 0) is 42.8 Å². The van der Waals surface area contributed by atoms with Crippen molar-refractivity contribution in [1.82, 2.24) is 5.32 Å². The number of methoxy groups -OCH3 is 1. The topological polar surface area (TPSA) is 111 Å². The number of ether oxygens (including phenoxy) is 3. The van der Waals surface area contributed by atoms with Crippen LogP contribution in [-0.4, -0.2) is 31.7 Å². The lowest BCUT2D eigenvalue weighted by molar-refractivity contribution is -0.150. The number of hydrogen-bond acceptors (Lipinski definition) is 7. The number of carbonyl (C=O) groups excluding carboxylic acids is 2. The van der Waals surface area contributed by atoms with Crippen molar-refractivity contribution in [3.8, 4) is 17.6 Å². The van der Waals surface area contributed by atoms with Gasteiger partial charge in [0.2, 0.25) is 0 Å². The number of amides is 1. The molecular formula is C20H20N2O6. The first-order chi connectivity index (χ1) is 13.5. The molecule has 8 heteroatoms. The van der Waals surface area contributed by atoms with Crippen LogP contribution in [0.2, 0.25) is 0 Å². The van der Waals surface area contributed by atoms with Crippen LogP contribution in [0.1, 0.15) is 18.2 Å². The second kappa shape index (κ2) is 10.4. The van der Waals surface area contributed by atoms with Gasteiger partial charge in [-0.15, -0.1) is 0 Å². The Morgan fingerprint density at radius 2 is 2.14 bits per heavy atom. The Morgan fingerprint density at radius 1 is 1.32 bits per heavy atom. The normalized spacial score (nSPS) is 11.5. The van der Waals surface area contributed by atoms with Gasteiger partial charge in [0, 0.05) is 6.08 Å². The van der Waals surface area contributed by atoms with Crippen LogP contribution in [0.4, 0.5) is 0 Å². The van der Waals surface area contributed by atoms with E-state index in [0.29, 0.717) is 22.8 Å². The highest BCUT2D eigenvalue weighted by Gasteiger charge is 2.16. The van der Waals surface area contributed by atoms with E-state index in [1.54, 1.807) is 30.3 Å². The van der Waals surface area contributed by atoms with Gasteiger partial charge in [0.15, 0.2) is 24.2 Å². The summed E-state index contributed by atoms with van der Waals surface area (Å²) in [6.45, 7) is 1.59. The molecule has 0 fully saturated rings. The SMILES string of the molecule is COc1cc(/C=C/C(=O)O[C@@H](C)C(=O)NCc2ccco2)ccc1OCC#N. The van der Waals surface area contributed by atoms with E-state index in [9.17, 15) is 9.59 Å². The molecule has 0 radical (unpaired) electrons. The van der Waals surface area contributed by atoms with Crippen LogP contribution in [-0.2, 0) is 20.9 Å². The van der Waals surface area contributed by atoms with E-state index in [2.05, 4.69) is 5.32 Å². The summed E-state index contributed by atoms with van der Waals surface area (Å²) in [5.74, 6) is 0.355. The molecule has 0 bridgehead atoms. The van der Waals surface area contributed by atoms with Crippen LogP contribution in [0.3, 0.4) is 0 Å². The van der Waals surface area contributed by atoms with E-state index in [1.807, 2.05) is 6.07 Å². The number of hydrogen-bond donors (Lipinski definition) is 1. The molecule has 0 spiro atoms. The summed E-state index contributed by atoms with van der Waals surface area (Å²) in [4.78, 5) is 23.9. The maximum Gasteiger partial charge on any atom is 0.331 e. The maximum absolute atomic E-state index is 11.9. The Morgan fingerprint density at radius 3 is 2.82 bits per heavy atom. The lowest BCUT2D eigenvalue weighted by Gasteiger charge is -2.11. The standard InChI is InChI=1S/C20H20N2O6/c1-14(20(24)22-13-16-4-3-10-26-16)28-19(23)8-6-15-5-7-17(27-11-9-21)18(12-15)25-2/h3-8,10,12,14H,11,13H2,1-2H3,(H,22,24)/b8-6+/t14-/m0/s1. The molecule has 1 N–H and O–H groups in total. The summed E-state index contributed by atoms with van der Waals surface area (Å²) in [6, 6.07) is 10.3. The van der Waals surface area contributed by atoms with Gasteiger partial charge in [-0.1, -0.05) is 6.07 Å². The first kappa shape index (κ1) is 20.6. The predicted octanol–water partition coefficient (Wildman–Crippen LogP) is 2.45.